The van der Waals surface area contributed by atoms with Gasteiger partial charge >= 0.3 is 5.97 Å². The smallest absolute Gasteiger partial charge is 0.308 e. The van der Waals surface area contributed by atoms with E-state index >= 15 is 0 Å². The highest BCUT2D eigenvalue weighted by Gasteiger charge is 2.24. The Bertz CT molecular complexity index is 710. The van der Waals surface area contributed by atoms with Crippen molar-refractivity contribution < 1.29 is 14.3 Å². The van der Waals surface area contributed by atoms with Crippen LogP contribution in [0.1, 0.15) is 59.1 Å². The van der Waals surface area contributed by atoms with E-state index in [4.69, 9.17) is 9.47 Å². The van der Waals surface area contributed by atoms with Gasteiger partial charge in [-0.1, -0.05) is 45.0 Å². The molecule has 0 saturated heterocycles. The summed E-state index contributed by atoms with van der Waals surface area (Å²) in [6.07, 6.45) is 0.953. The monoisotopic (exact) mass is 340 g/mol. The highest BCUT2D eigenvalue weighted by Crippen LogP contribution is 2.34. The van der Waals surface area contributed by atoms with Gasteiger partial charge in [0.1, 0.15) is 17.1 Å². The highest BCUT2D eigenvalue weighted by molar-refractivity contribution is 5.69. The molecule has 0 aliphatic carbocycles. The minimum Gasteiger partial charge on any atom is -0.488 e. The zero-order valence-electron chi connectivity index (χ0n) is 16.1. The van der Waals surface area contributed by atoms with E-state index in [1.54, 1.807) is 0 Å². The summed E-state index contributed by atoms with van der Waals surface area (Å²) in [5.74, 6) is 1.15. The van der Waals surface area contributed by atoms with Gasteiger partial charge in [-0.3, -0.25) is 4.79 Å². The molecule has 25 heavy (non-hydrogen) atoms. The van der Waals surface area contributed by atoms with Gasteiger partial charge in [0, 0.05) is 12.3 Å². The van der Waals surface area contributed by atoms with Crippen LogP contribution < -0.4 is 9.47 Å². The van der Waals surface area contributed by atoms with Crippen LogP contribution in [0.5, 0.6) is 11.5 Å². The number of hydrogen-bond acceptors (Lipinski definition) is 3. The lowest BCUT2D eigenvalue weighted by Gasteiger charge is -2.28. The molecule has 0 atom stereocenters. The van der Waals surface area contributed by atoms with E-state index in [9.17, 15) is 4.79 Å². The molecule has 0 bridgehead atoms. The van der Waals surface area contributed by atoms with E-state index in [1.807, 2.05) is 36.4 Å². The molecule has 0 aliphatic heterocycles. The SMILES string of the molecule is CCC(C)(C)Oc1ccc(C(C)(C)c2ccc(OC(C)=O)cc2)cc1. The summed E-state index contributed by atoms with van der Waals surface area (Å²) in [4.78, 5) is 11.0. The van der Waals surface area contributed by atoms with Crippen LogP contribution in [0.2, 0.25) is 0 Å². The maximum absolute atomic E-state index is 11.0. The van der Waals surface area contributed by atoms with Gasteiger partial charge in [-0.05, 0) is 55.7 Å². The molecule has 2 aromatic rings. The van der Waals surface area contributed by atoms with Gasteiger partial charge in [0.2, 0.25) is 0 Å². The second-order valence-corrected chi connectivity index (χ2v) is 7.48. The summed E-state index contributed by atoms with van der Waals surface area (Å²) in [6.45, 7) is 12.1. The minimum atomic E-state index is -0.308. The van der Waals surface area contributed by atoms with Crippen LogP contribution >= 0.6 is 0 Å². The van der Waals surface area contributed by atoms with Crippen LogP contribution in [0.25, 0.3) is 0 Å². The van der Waals surface area contributed by atoms with Crippen molar-refractivity contribution in [2.75, 3.05) is 0 Å². The fraction of sp³-hybridized carbons (Fsp3) is 0.409. The van der Waals surface area contributed by atoms with Gasteiger partial charge in [-0.25, -0.2) is 0 Å². The lowest BCUT2D eigenvalue weighted by molar-refractivity contribution is -0.131. The Morgan fingerprint density at radius 1 is 0.840 bits per heavy atom. The molecule has 0 heterocycles. The molecule has 2 rings (SSSR count). The van der Waals surface area contributed by atoms with E-state index in [0.29, 0.717) is 5.75 Å². The topological polar surface area (TPSA) is 35.5 Å². The molecule has 0 saturated carbocycles. The quantitative estimate of drug-likeness (QED) is 0.514. The predicted octanol–water partition coefficient (Wildman–Crippen LogP) is 5.51. The molecule has 0 aromatic heterocycles. The molecule has 0 unspecified atom stereocenters. The summed E-state index contributed by atoms with van der Waals surface area (Å²) in [7, 11) is 0. The van der Waals surface area contributed by atoms with E-state index in [1.165, 1.54) is 12.5 Å². The Morgan fingerprint density at radius 3 is 1.68 bits per heavy atom. The first-order valence-electron chi connectivity index (χ1n) is 8.72. The van der Waals surface area contributed by atoms with Crippen LogP contribution in [-0.2, 0) is 10.2 Å². The predicted molar refractivity (Wildman–Crippen MR) is 101 cm³/mol. The number of esters is 1. The van der Waals surface area contributed by atoms with Gasteiger partial charge in [-0.15, -0.1) is 0 Å². The van der Waals surface area contributed by atoms with Crippen molar-refractivity contribution in [3.8, 4) is 11.5 Å². The van der Waals surface area contributed by atoms with Gasteiger partial charge in [0.05, 0.1) is 0 Å². The summed E-state index contributed by atoms with van der Waals surface area (Å²) >= 11 is 0. The first-order chi connectivity index (χ1) is 11.6. The zero-order chi connectivity index (χ0) is 18.7. The van der Waals surface area contributed by atoms with Crippen LogP contribution in [0.4, 0.5) is 0 Å². The molecule has 0 aliphatic rings. The van der Waals surface area contributed by atoms with Crippen molar-refractivity contribution in [3.05, 3.63) is 59.7 Å². The Morgan fingerprint density at radius 2 is 1.28 bits per heavy atom. The van der Waals surface area contributed by atoms with E-state index in [2.05, 4.69) is 46.8 Å². The van der Waals surface area contributed by atoms with Crippen molar-refractivity contribution in [1.82, 2.24) is 0 Å². The number of carbonyl (C=O) groups is 1. The molecule has 0 N–H and O–H groups in total. The Labute approximate surface area is 151 Å². The fourth-order valence-corrected chi connectivity index (χ4v) is 2.60. The van der Waals surface area contributed by atoms with E-state index < -0.39 is 0 Å². The molecule has 0 spiro atoms. The third-order valence-electron chi connectivity index (χ3n) is 4.66. The molecule has 0 amide bonds. The molecule has 134 valence electrons. The van der Waals surface area contributed by atoms with Crippen molar-refractivity contribution >= 4 is 5.97 Å². The Kier molecular flexibility index (Phi) is 5.56. The van der Waals surface area contributed by atoms with Gasteiger partial charge in [-0.2, -0.15) is 0 Å². The molecule has 0 radical (unpaired) electrons. The molecule has 3 nitrogen and oxygen atoms in total. The van der Waals surface area contributed by atoms with E-state index in [0.717, 1.165) is 17.7 Å². The van der Waals surface area contributed by atoms with Crippen molar-refractivity contribution in [2.45, 2.75) is 59.0 Å². The maximum Gasteiger partial charge on any atom is 0.308 e. The number of benzene rings is 2. The lowest BCUT2D eigenvalue weighted by atomic mass is 9.78. The third-order valence-corrected chi connectivity index (χ3v) is 4.66. The minimum absolute atomic E-state index is 0.159. The molecule has 0 fully saturated rings. The lowest BCUT2D eigenvalue weighted by Crippen LogP contribution is -2.26. The van der Waals surface area contributed by atoms with Crippen LogP contribution in [-0.4, -0.2) is 11.6 Å². The van der Waals surface area contributed by atoms with Crippen molar-refractivity contribution in [2.24, 2.45) is 0 Å². The molecular weight excluding hydrogens is 312 g/mol. The van der Waals surface area contributed by atoms with E-state index in [-0.39, 0.29) is 17.0 Å². The zero-order valence-corrected chi connectivity index (χ0v) is 16.1. The highest BCUT2D eigenvalue weighted by atomic mass is 16.5. The summed E-state index contributed by atoms with van der Waals surface area (Å²) in [5.41, 5.74) is 2.04. The fourth-order valence-electron chi connectivity index (χ4n) is 2.60. The molecular formula is C22H28O3. The number of ether oxygens (including phenoxy) is 2. The van der Waals surface area contributed by atoms with Gasteiger partial charge < -0.3 is 9.47 Å². The number of rotatable bonds is 6. The number of carbonyl (C=O) groups excluding carboxylic acids is 1. The van der Waals surface area contributed by atoms with Crippen LogP contribution in [0.3, 0.4) is 0 Å². The average molecular weight is 340 g/mol. The maximum atomic E-state index is 11.0. The second-order valence-electron chi connectivity index (χ2n) is 7.48. The summed E-state index contributed by atoms with van der Waals surface area (Å²) < 4.78 is 11.1. The van der Waals surface area contributed by atoms with Crippen LogP contribution in [0.15, 0.2) is 48.5 Å². The standard InChI is InChI=1S/C22H28O3/c1-7-21(3,4)25-20-14-10-18(11-15-20)22(5,6)17-8-12-19(13-9-17)24-16(2)23/h8-15H,7H2,1-6H3. The first kappa shape index (κ1) is 19.0. The summed E-state index contributed by atoms with van der Waals surface area (Å²) in [6, 6.07) is 16.0. The third kappa shape index (κ3) is 4.85. The molecule has 3 heteroatoms. The number of hydrogen-bond donors (Lipinski definition) is 0. The normalized spacial score (nSPS) is 11.9. The Balaban J connectivity index is 2.19. The average Bonchev–Trinajstić information content (AvgIpc) is 2.55. The molecule has 2 aromatic carbocycles. The van der Waals surface area contributed by atoms with Crippen molar-refractivity contribution in [1.29, 1.82) is 0 Å². The van der Waals surface area contributed by atoms with Crippen LogP contribution in [0, 0.1) is 0 Å². The Hall–Kier alpha value is -2.29. The second kappa shape index (κ2) is 7.30. The van der Waals surface area contributed by atoms with Crippen molar-refractivity contribution in [3.63, 3.8) is 0 Å². The van der Waals surface area contributed by atoms with Gasteiger partial charge in [0.15, 0.2) is 0 Å². The first-order valence-corrected chi connectivity index (χ1v) is 8.72. The largest absolute Gasteiger partial charge is 0.488 e. The summed E-state index contributed by atoms with van der Waals surface area (Å²) in [5, 5.41) is 0. The van der Waals surface area contributed by atoms with Gasteiger partial charge in [0.25, 0.3) is 0 Å².